The van der Waals surface area contributed by atoms with Crippen molar-refractivity contribution in [3.63, 3.8) is 0 Å². The van der Waals surface area contributed by atoms with E-state index < -0.39 is 6.10 Å². The number of ketones is 1. The zero-order valence-corrected chi connectivity index (χ0v) is 18.7. The fraction of sp³-hybridized carbons (Fsp3) is 0.375. The molecule has 0 spiro atoms. The molecule has 0 saturated carbocycles. The number of hydrogen-bond donors (Lipinski definition) is 1. The minimum absolute atomic E-state index is 0.0287. The summed E-state index contributed by atoms with van der Waals surface area (Å²) in [6.07, 6.45) is -0.737. The summed E-state index contributed by atoms with van der Waals surface area (Å²) in [6.45, 7) is 3.70. The van der Waals surface area contributed by atoms with Crippen molar-refractivity contribution >= 4 is 29.0 Å². The second-order valence-corrected chi connectivity index (χ2v) is 8.25. The highest BCUT2D eigenvalue weighted by atomic mass is 16.7. The van der Waals surface area contributed by atoms with Gasteiger partial charge in [-0.1, -0.05) is 12.1 Å². The van der Waals surface area contributed by atoms with Crippen molar-refractivity contribution in [3.8, 4) is 17.2 Å². The number of carbonyl (C=O) groups excluding carboxylic acids is 3. The van der Waals surface area contributed by atoms with E-state index in [0.29, 0.717) is 54.8 Å². The number of carbonyl (C=O) groups is 3. The van der Waals surface area contributed by atoms with Crippen LogP contribution in [0.15, 0.2) is 36.4 Å². The molecule has 3 aliphatic rings. The first-order valence-electron chi connectivity index (χ1n) is 11.1. The zero-order valence-electron chi connectivity index (χ0n) is 18.7. The number of Topliss-reactive ketones (excluding diaryl/α,β-unsaturated/α-hetero) is 1. The van der Waals surface area contributed by atoms with Gasteiger partial charge in [-0.25, -0.2) is 0 Å². The van der Waals surface area contributed by atoms with Crippen molar-refractivity contribution in [1.29, 1.82) is 0 Å². The molecule has 0 aliphatic carbocycles. The standard InChI is InChI=1S/C24H25N3O7/c1-15(28)16-10-20-21(33-14-32-20)11-17(16)25-23(29)13-27-12-22(24(30)26-6-8-31-9-7-26)34-19-5-3-2-4-18(19)27/h2-5,10-11,22H,6-9,12-14H2,1H3,(H,25,29)/t22-/m1/s1. The lowest BCUT2D eigenvalue weighted by atomic mass is 10.1. The SMILES string of the molecule is CC(=O)c1cc2c(cc1NC(=O)CN1C[C@H](C(=O)N3CCOCC3)Oc3ccccc31)OCO2. The summed E-state index contributed by atoms with van der Waals surface area (Å²) in [6, 6.07) is 10.5. The quantitative estimate of drug-likeness (QED) is 0.662. The number of nitrogens with zero attached hydrogens (tertiary/aromatic N) is 2. The highest BCUT2D eigenvalue weighted by Crippen LogP contribution is 2.38. The van der Waals surface area contributed by atoms with Crippen LogP contribution in [0.25, 0.3) is 0 Å². The van der Waals surface area contributed by atoms with Gasteiger partial charge in [-0.05, 0) is 25.1 Å². The number of amides is 2. The van der Waals surface area contributed by atoms with Crippen LogP contribution in [0.1, 0.15) is 17.3 Å². The Morgan fingerprint density at radius 3 is 2.53 bits per heavy atom. The maximum Gasteiger partial charge on any atom is 0.265 e. The number of nitrogens with one attached hydrogen (secondary N) is 1. The van der Waals surface area contributed by atoms with Crippen LogP contribution in [0, 0.1) is 0 Å². The first kappa shape index (κ1) is 22.0. The lowest BCUT2D eigenvalue weighted by Gasteiger charge is -2.38. The highest BCUT2D eigenvalue weighted by molar-refractivity contribution is 6.05. The van der Waals surface area contributed by atoms with Crippen molar-refractivity contribution in [1.82, 2.24) is 4.90 Å². The van der Waals surface area contributed by atoms with Gasteiger partial charge in [0, 0.05) is 24.7 Å². The Kier molecular flexibility index (Phi) is 5.97. The maximum atomic E-state index is 13.1. The van der Waals surface area contributed by atoms with Gasteiger partial charge in [-0.2, -0.15) is 0 Å². The summed E-state index contributed by atoms with van der Waals surface area (Å²) in [5, 5.41) is 2.82. The molecule has 1 saturated heterocycles. The summed E-state index contributed by atoms with van der Waals surface area (Å²) in [5.41, 5.74) is 1.41. The smallest absolute Gasteiger partial charge is 0.265 e. The number of ether oxygens (including phenoxy) is 4. The van der Waals surface area contributed by atoms with E-state index >= 15 is 0 Å². The van der Waals surface area contributed by atoms with Gasteiger partial charge in [0.25, 0.3) is 5.91 Å². The first-order chi connectivity index (χ1) is 16.5. The highest BCUT2D eigenvalue weighted by Gasteiger charge is 2.35. The molecule has 0 aromatic heterocycles. The number of rotatable bonds is 5. The molecule has 1 N–H and O–H groups in total. The summed E-state index contributed by atoms with van der Waals surface area (Å²) in [4.78, 5) is 41.8. The van der Waals surface area contributed by atoms with Crippen LogP contribution >= 0.6 is 0 Å². The third-order valence-corrected chi connectivity index (χ3v) is 5.96. The average molecular weight is 467 g/mol. The van der Waals surface area contributed by atoms with Crippen LogP contribution in [-0.2, 0) is 14.3 Å². The van der Waals surface area contributed by atoms with E-state index in [0.717, 1.165) is 5.69 Å². The molecule has 0 bridgehead atoms. The van der Waals surface area contributed by atoms with Gasteiger partial charge < -0.3 is 34.1 Å². The van der Waals surface area contributed by atoms with Gasteiger partial charge in [0.05, 0.1) is 37.7 Å². The van der Waals surface area contributed by atoms with Gasteiger partial charge >= 0.3 is 0 Å². The molecule has 1 atom stereocenters. The summed E-state index contributed by atoms with van der Waals surface area (Å²) < 4.78 is 22.1. The molecule has 2 aromatic rings. The van der Waals surface area contributed by atoms with E-state index in [1.807, 2.05) is 23.1 Å². The molecule has 178 valence electrons. The average Bonchev–Trinajstić information content (AvgIpc) is 3.31. The topological polar surface area (TPSA) is 107 Å². The van der Waals surface area contributed by atoms with Gasteiger partial charge in [-0.3, -0.25) is 14.4 Å². The van der Waals surface area contributed by atoms with Crippen LogP contribution in [0.4, 0.5) is 11.4 Å². The lowest BCUT2D eigenvalue weighted by molar-refractivity contribution is -0.142. The molecule has 3 heterocycles. The van der Waals surface area contributed by atoms with E-state index in [9.17, 15) is 14.4 Å². The van der Waals surface area contributed by atoms with Crippen molar-refractivity contribution in [3.05, 3.63) is 42.0 Å². The molecular weight excluding hydrogens is 442 g/mol. The second-order valence-electron chi connectivity index (χ2n) is 8.25. The van der Waals surface area contributed by atoms with E-state index in [1.54, 1.807) is 23.1 Å². The van der Waals surface area contributed by atoms with E-state index in [2.05, 4.69) is 5.32 Å². The Bertz CT molecular complexity index is 1130. The number of para-hydroxylation sites is 2. The third kappa shape index (κ3) is 4.36. The number of morpholine rings is 1. The van der Waals surface area contributed by atoms with Crippen LogP contribution in [-0.4, -0.2) is 74.8 Å². The molecule has 3 aliphatic heterocycles. The second kappa shape index (κ2) is 9.22. The molecule has 5 rings (SSSR count). The summed E-state index contributed by atoms with van der Waals surface area (Å²) in [7, 11) is 0. The van der Waals surface area contributed by atoms with Gasteiger partial charge in [0.2, 0.25) is 12.7 Å². The molecule has 0 radical (unpaired) electrons. The largest absolute Gasteiger partial charge is 0.477 e. The van der Waals surface area contributed by atoms with Gasteiger partial charge in [-0.15, -0.1) is 0 Å². The Labute approximate surface area is 196 Å². The Morgan fingerprint density at radius 2 is 1.76 bits per heavy atom. The van der Waals surface area contributed by atoms with E-state index in [-0.39, 0.29) is 37.5 Å². The fourth-order valence-electron chi connectivity index (χ4n) is 4.27. The predicted octanol–water partition coefficient (Wildman–Crippen LogP) is 1.68. The summed E-state index contributed by atoms with van der Waals surface area (Å²) in [5.74, 6) is 0.804. The van der Waals surface area contributed by atoms with Crippen LogP contribution in [0.2, 0.25) is 0 Å². The molecule has 1 fully saturated rings. The van der Waals surface area contributed by atoms with E-state index in [4.69, 9.17) is 18.9 Å². The van der Waals surface area contributed by atoms with Gasteiger partial charge in [0.1, 0.15) is 5.75 Å². The number of benzene rings is 2. The van der Waals surface area contributed by atoms with Crippen molar-refractivity contribution < 1.29 is 33.3 Å². The van der Waals surface area contributed by atoms with Crippen LogP contribution in [0.5, 0.6) is 17.2 Å². The molecule has 2 amide bonds. The zero-order chi connectivity index (χ0) is 23.7. The van der Waals surface area contributed by atoms with Gasteiger partial charge in [0.15, 0.2) is 23.4 Å². The van der Waals surface area contributed by atoms with Crippen molar-refractivity contribution in [2.24, 2.45) is 0 Å². The van der Waals surface area contributed by atoms with E-state index in [1.165, 1.54) is 6.92 Å². The minimum atomic E-state index is -0.737. The monoisotopic (exact) mass is 467 g/mol. The number of hydrogen-bond acceptors (Lipinski definition) is 8. The van der Waals surface area contributed by atoms with Crippen molar-refractivity contribution in [2.75, 3.05) is 56.4 Å². The van der Waals surface area contributed by atoms with Crippen molar-refractivity contribution in [2.45, 2.75) is 13.0 Å². The number of anilines is 2. The van der Waals surface area contributed by atoms with Crippen LogP contribution in [0.3, 0.4) is 0 Å². The Morgan fingerprint density at radius 1 is 1.03 bits per heavy atom. The Hall–Kier alpha value is -3.79. The number of fused-ring (bicyclic) bond motifs is 2. The third-order valence-electron chi connectivity index (χ3n) is 5.96. The minimum Gasteiger partial charge on any atom is -0.477 e. The molecule has 10 heteroatoms. The molecular formula is C24H25N3O7. The lowest BCUT2D eigenvalue weighted by Crippen LogP contribution is -2.53. The molecule has 10 nitrogen and oxygen atoms in total. The molecule has 2 aromatic carbocycles. The first-order valence-corrected chi connectivity index (χ1v) is 11.1. The maximum absolute atomic E-state index is 13.1. The normalized spacial score (nSPS) is 18.7. The van der Waals surface area contributed by atoms with Crippen LogP contribution < -0.4 is 24.4 Å². The molecule has 0 unspecified atom stereocenters. The fourth-order valence-corrected chi connectivity index (χ4v) is 4.27. The molecule has 34 heavy (non-hydrogen) atoms. The predicted molar refractivity (Wildman–Crippen MR) is 122 cm³/mol. The Balaban J connectivity index is 1.34. The summed E-state index contributed by atoms with van der Waals surface area (Å²) >= 11 is 0.